The van der Waals surface area contributed by atoms with Crippen molar-refractivity contribution in [1.82, 2.24) is 10.6 Å². The van der Waals surface area contributed by atoms with Crippen LogP contribution in [0.4, 0.5) is 0 Å². The molecule has 1 amide bonds. The van der Waals surface area contributed by atoms with Gasteiger partial charge in [0.15, 0.2) is 6.61 Å². The van der Waals surface area contributed by atoms with Gasteiger partial charge in [-0.2, -0.15) is 0 Å². The molecule has 21 heavy (non-hydrogen) atoms. The Morgan fingerprint density at radius 3 is 2.48 bits per heavy atom. The Hall–Kier alpha value is -1.75. The van der Waals surface area contributed by atoms with Crippen molar-refractivity contribution in [3.8, 4) is 11.5 Å². The van der Waals surface area contributed by atoms with E-state index in [9.17, 15) is 4.79 Å². The quantitative estimate of drug-likeness (QED) is 0.771. The number of ether oxygens (including phenoxy) is 2. The van der Waals surface area contributed by atoms with E-state index < -0.39 is 0 Å². The highest BCUT2D eigenvalue weighted by atomic mass is 16.5. The summed E-state index contributed by atoms with van der Waals surface area (Å²) in [4.78, 5) is 11.7. The van der Waals surface area contributed by atoms with Crippen molar-refractivity contribution < 1.29 is 14.3 Å². The van der Waals surface area contributed by atoms with Crippen LogP contribution in [0.2, 0.25) is 0 Å². The van der Waals surface area contributed by atoms with E-state index in [1.54, 1.807) is 13.2 Å². The van der Waals surface area contributed by atoms with Gasteiger partial charge in [-0.3, -0.25) is 4.79 Å². The third-order valence-electron chi connectivity index (χ3n) is 2.78. The van der Waals surface area contributed by atoms with E-state index in [-0.39, 0.29) is 18.6 Å². The highest BCUT2D eigenvalue weighted by molar-refractivity contribution is 5.77. The standard InChI is InChI=1S/C16H26N2O3/c1-11(2)17-9-13-6-7-14(20-5)8-15(13)21-10-16(19)18-12(3)4/h6-8,11-12,17H,9-10H2,1-5H3,(H,18,19). The van der Waals surface area contributed by atoms with Crippen LogP contribution in [-0.2, 0) is 11.3 Å². The predicted molar refractivity (Wildman–Crippen MR) is 83.7 cm³/mol. The van der Waals surface area contributed by atoms with E-state index >= 15 is 0 Å². The molecule has 0 radical (unpaired) electrons. The molecule has 0 saturated carbocycles. The van der Waals surface area contributed by atoms with Crippen molar-refractivity contribution in [2.24, 2.45) is 0 Å². The lowest BCUT2D eigenvalue weighted by Gasteiger charge is -2.15. The van der Waals surface area contributed by atoms with E-state index in [1.165, 1.54) is 0 Å². The smallest absolute Gasteiger partial charge is 0.258 e. The van der Waals surface area contributed by atoms with Gasteiger partial charge in [0.2, 0.25) is 0 Å². The number of nitrogens with one attached hydrogen (secondary N) is 2. The zero-order valence-corrected chi connectivity index (χ0v) is 13.5. The Kier molecular flexibility index (Phi) is 7.02. The van der Waals surface area contributed by atoms with E-state index in [0.717, 1.165) is 5.56 Å². The van der Waals surface area contributed by atoms with Gasteiger partial charge in [0.25, 0.3) is 5.91 Å². The van der Waals surface area contributed by atoms with Gasteiger partial charge in [0, 0.05) is 30.3 Å². The average molecular weight is 294 g/mol. The van der Waals surface area contributed by atoms with E-state index in [1.807, 2.05) is 26.0 Å². The molecule has 118 valence electrons. The van der Waals surface area contributed by atoms with E-state index in [2.05, 4.69) is 24.5 Å². The Balaban J connectivity index is 2.73. The van der Waals surface area contributed by atoms with Gasteiger partial charge in [-0.1, -0.05) is 19.9 Å². The van der Waals surface area contributed by atoms with Gasteiger partial charge >= 0.3 is 0 Å². The van der Waals surface area contributed by atoms with Gasteiger partial charge in [0.05, 0.1) is 7.11 Å². The summed E-state index contributed by atoms with van der Waals surface area (Å²) in [6.45, 7) is 8.69. The van der Waals surface area contributed by atoms with Crippen molar-refractivity contribution in [3.63, 3.8) is 0 Å². The predicted octanol–water partition coefficient (Wildman–Crippen LogP) is 2.10. The normalized spacial score (nSPS) is 10.8. The Morgan fingerprint density at radius 2 is 1.90 bits per heavy atom. The first-order valence-corrected chi connectivity index (χ1v) is 7.24. The molecule has 0 aliphatic rings. The van der Waals surface area contributed by atoms with Crippen molar-refractivity contribution >= 4 is 5.91 Å². The molecule has 0 unspecified atom stereocenters. The second-order valence-corrected chi connectivity index (χ2v) is 5.52. The molecular formula is C16H26N2O3. The summed E-state index contributed by atoms with van der Waals surface area (Å²) in [6.07, 6.45) is 0. The minimum Gasteiger partial charge on any atom is -0.497 e. The monoisotopic (exact) mass is 294 g/mol. The van der Waals surface area contributed by atoms with Gasteiger partial charge in [0.1, 0.15) is 11.5 Å². The fourth-order valence-electron chi connectivity index (χ4n) is 1.76. The van der Waals surface area contributed by atoms with Crippen LogP contribution in [0.3, 0.4) is 0 Å². The molecule has 0 aromatic heterocycles. The Bertz CT molecular complexity index is 459. The van der Waals surface area contributed by atoms with Crippen LogP contribution in [0.15, 0.2) is 18.2 Å². The van der Waals surface area contributed by atoms with Gasteiger partial charge in [-0.25, -0.2) is 0 Å². The van der Waals surface area contributed by atoms with Crippen LogP contribution in [0.25, 0.3) is 0 Å². The number of methoxy groups -OCH3 is 1. The molecule has 0 spiro atoms. The average Bonchev–Trinajstić information content (AvgIpc) is 2.42. The molecule has 5 heteroatoms. The fourth-order valence-corrected chi connectivity index (χ4v) is 1.76. The maximum atomic E-state index is 11.7. The SMILES string of the molecule is COc1ccc(CNC(C)C)c(OCC(=O)NC(C)C)c1. The number of rotatable bonds is 8. The molecule has 1 aromatic rings. The minimum atomic E-state index is -0.129. The number of benzene rings is 1. The van der Waals surface area contributed by atoms with Crippen molar-refractivity contribution in [2.75, 3.05) is 13.7 Å². The molecule has 1 aromatic carbocycles. The number of carbonyl (C=O) groups is 1. The number of hydrogen-bond acceptors (Lipinski definition) is 4. The van der Waals surface area contributed by atoms with Crippen LogP contribution in [0.1, 0.15) is 33.3 Å². The highest BCUT2D eigenvalue weighted by Gasteiger charge is 2.10. The summed E-state index contributed by atoms with van der Waals surface area (Å²) in [5, 5.41) is 6.14. The molecule has 0 aliphatic heterocycles. The van der Waals surface area contributed by atoms with Crippen LogP contribution in [-0.4, -0.2) is 31.7 Å². The third kappa shape index (κ3) is 6.49. The van der Waals surface area contributed by atoms with E-state index in [0.29, 0.717) is 24.1 Å². The molecular weight excluding hydrogens is 268 g/mol. The molecule has 0 saturated heterocycles. The Labute approximate surface area is 127 Å². The number of amides is 1. The van der Waals surface area contributed by atoms with Crippen LogP contribution in [0, 0.1) is 0 Å². The Morgan fingerprint density at radius 1 is 1.19 bits per heavy atom. The zero-order valence-electron chi connectivity index (χ0n) is 13.5. The van der Waals surface area contributed by atoms with Crippen LogP contribution in [0.5, 0.6) is 11.5 Å². The molecule has 5 nitrogen and oxygen atoms in total. The summed E-state index contributed by atoms with van der Waals surface area (Å²) < 4.78 is 10.8. The van der Waals surface area contributed by atoms with Gasteiger partial charge in [-0.05, 0) is 19.9 Å². The second-order valence-electron chi connectivity index (χ2n) is 5.52. The topological polar surface area (TPSA) is 59.6 Å². The number of hydrogen-bond donors (Lipinski definition) is 2. The fraction of sp³-hybridized carbons (Fsp3) is 0.562. The molecule has 0 aliphatic carbocycles. The second kappa shape index (κ2) is 8.52. The maximum Gasteiger partial charge on any atom is 0.258 e. The molecule has 1 rings (SSSR count). The third-order valence-corrected chi connectivity index (χ3v) is 2.78. The summed E-state index contributed by atoms with van der Waals surface area (Å²) in [7, 11) is 1.61. The molecule has 2 N–H and O–H groups in total. The molecule has 0 bridgehead atoms. The number of carbonyl (C=O) groups excluding carboxylic acids is 1. The van der Waals surface area contributed by atoms with Gasteiger partial charge in [-0.15, -0.1) is 0 Å². The van der Waals surface area contributed by atoms with Crippen molar-refractivity contribution in [2.45, 2.75) is 46.3 Å². The summed E-state index contributed by atoms with van der Waals surface area (Å²) in [5.74, 6) is 1.25. The summed E-state index contributed by atoms with van der Waals surface area (Å²) >= 11 is 0. The van der Waals surface area contributed by atoms with Crippen molar-refractivity contribution in [3.05, 3.63) is 23.8 Å². The van der Waals surface area contributed by atoms with E-state index in [4.69, 9.17) is 9.47 Å². The molecule has 0 fully saturated rings. The van der Waals surface area contributed by atoms with Crippen molar-refractivity contribution in [1.29, 1.82) is 0 Å². The molecule has 0 heterocycles. The van der Waals surface area contributed by atoms with Crippen LogP contribution >= 0.6 is 0 Å². The first kappa shape index (κ1) is 17.3. The lowest BCUT2D eigenvalue weighted by atomic mass is 10.2. The molecule has 0 atom stereocenters. The largest absolute Gasteiger partial charge is 0.497 e. The van der Waals surface area contributed by atoms with Crippen LogP contribution < -0.4 is 20.1 Å². The zero-order chi connectivity index (χ0) is 15.8. The lowest BCUT2D eigenvalue weighted by molar-refractivity contribution is -0.123. The highest BCUT2D eigenvalue weighted by Crippen LogP contribution is 2.25. The first-order valence-electron chi connectivity index (χ1n) is 7.24. The lowest BCUT2D eigenvalue weighted by Crippen LogP contribution is -2.34. The first-order chi connectivity index (χ1) is 9.92. The summed E-state index contributed by atoms with van der Waals surface area (Å²) in [6, 6.07) is 6.13. The summed E-state index contributed by atoms with van der Waals surface area (Å²) in [5.41, 5.74) is 1.00. The van der Waals surface area contributed by atoms with Gasteiger partial charge < -0.3 is 20.1 Å². The maximum absolute atomic E-state index is 11.7. The minimum absolute atomic E-state index is 0.0000260.